The standard InChI is InChI=1S/C53H101NO13/c1-3-5-7-9-11-13-15-17-19-20-21-22-23-24-26-28-30-32-34-36-42(57)41(54-45(58)37-35-33-31-29-27-25-18-16-14-12-10-8-6-4-2)40-64-52-50(63)48(61)51(44(39-56)66-52)67-53-49(62)47(60)46(59)43(38-55)65-53/h16,18,41-44,46-53,55-57,59-63H,3-15,17,19-40H2,1-2H3,(H,54,58)/b18-16-. The van der Waals surface area contributed by atoms with Crippen LogP contribution in [0.4, 0.5) is 0 Å². The van der Waals surface area contributed by atoms with Gasteiger partial charge in [0.2, 0.25) is 5.91 Å². The van der Waals surface area contributed by atoms with E-state index in [0.717, 1.165) is 64.2 Å². The number of aliphatic hydroxyl groups excluding tert-OH is 8. The van der Waals surface area contributed by atoms with Crippen LogP contribution in [0.25, 0.3) is 0 Å². The van der Waals surface area contributed by atoms with Gasteiger partial charge in [-0.3, -0.25) is 4.79 Å². The first-order valence-electron chi connectivity index (χ1n) is 27.4. The number of nitrogens with one attached hydrogen (secondary N) is 1. The van der Waals surface area contributed by atoms with E-state index in [0.29, 0.717) is 19.3 Å². The average Bonchev–Trinajstić information content (AvgIpc) is 3.32. The first kappa shape index (κ1) is 61.8. The van der Waals surface area contributed by atoms with Gasteiger partial charge in [0.05, 0.1) is 32.0 Å². The highest BCUT2D eigenvalue weighted by molar-refractivity contribution is 5.76. The predicted octanol–water partition coefficient (Wildman–Crippen LogP) is 7.94. The number of ether oxygens (including phenoxy) is 4. The van der Waals surface area contributed by atoms with Gasteiger partial charge in [-0.2, -0.15) is 0 Å². The smallest absolute Gasteiger partial charge is 0.220 e. The molecule has 14 heteroatoms. The second-order valence-electron chi connectivity index (χ2n) is 19.7. The summed E-state index contributed by atoms with van der Waals surface area (Å²) in [6.45, 7) is 2.85. The van der Waals surface area contributed by atoms with Crippen molar-refractivity contribution < 1.29 is 64.6 Å². The van der Waals surface area contributed by atoms with Gasteiger partial charge < -0.3 is 65.1 Å². The Hall–Kier alpha value is -1.27. The molecule has 0 aromatic heterocycles. The molecule has 0 aromatic carbocycles. The highest BCUT2D eigenvalue weighted by Gasteiger charge is 2.51. The minimum absolute atomic E-state index is 0.214. The number of unbranched alkanes of at least 4 members (excludes halogenated alkanes) is 28. The molecule has 9 N–H and O–H groups in total. The lowest BCUT2D eigenvalue weighted by molar-refractivity contribution is -0.359. The first-order valence-corrected chi connectivity index (χ1v) is 27.4. The number of amides is 1. The lowest BCUT2D eigenvalue weighted by Gasteiger charge is -2.46. The van der Waals surface area contributed by atoms with Crippen molar-refractivity contribution in [3.63, 3.8) is 0 Å². The maximum atomic E-state index is 13.2. The minimum atomic E-state index is -1.78. The Bertz CT molecular complexity index is 1180. The number of rotatable bonds is 43. The Labute approximate surface area is 406 Å². The molecule has 2 heterocycles. The van der Waals surface area contributed by atoms with Crippen molar-refractivity contribution in [3.8, 4) is 0 Å². The lowest BCUT2D eigenvalue weighted by atomic mass is 9.97. The molecule has 67 heavy (non-hydrogen) atoms. The highest BCUT2D eigenvalue weighted by Crippen LogP contribution is 2.30. The van der Waals surface area contributed by atoms with Gasteiger partial charge in [-0.05, 0) is 38.5 Å². The number of carbonyl (C=O) groups excluding carboxylic acids is 1. The fourth-order valence-electron chi connectivity index (χ4n) is 9.23. The van der Waals surface area contributed by atoms with Crippen LogP contribution in [0.2, 0.25) is 0 Å². The zero-order valence-electron chi connectivity index (χ0n) is 42.2. The zero-order valence-corrected chi connectivity index (χ0v) is 42.2. The molecule has 396 valence electrons. The van der Waals surface area contributed by atoms with Crippen molar-refractivity contribution in [1.82, 2.24) is 5.32 Å². The molecular formula is C53H101NO13. The van der Waals surface area contributed by atoms with E-state index in [1.54, 1.807) is 0 Å². The van der Waals surface area contributed by atoms with Gasteiger partial charge >= 0.3 is 0 Å². The van der Waals surface area contributed by atoms with Crippen molar-refractivity contribution in [2.24, 2.45) is 0 Å². The molecule has 2 fully saturated rings. The summed E-state index contributed by atoms with van der Waals surface area (Å²) in [5, 5.41) is 87.0. The first-order chi connectivity index (χ1) is 32.6. The molecule has 0 radical (unpaired) electrons. The molecule has 12 unspecified atom stereocenters. The van der Waals surface area contributed by atoms with E-state index in [9.17, 15) is 45.6 Å². The third kappa shape index (κ3) is 27.2. The van der Waals surface area contributed by atoms with Crippen molar-refractivity contribution in [2.75, 3.05) is 19.8 Å². The second kappa shape index (κ2) is 40.3. The van der Waals surface area contributed by atoms with Crippen molar-refractivity contribution in [3.05, 3.63) is 12.2 Å². The molecule has 14 nitrogen and oxygen atoms in total. The SMILES string of the molecule is CCCCCCC/C=C\CCCCCCCC(=O)NC(COC1OC(CO)C(OC2OC(CO)C(O)C(O)C2O)C(O)C1O)C(O)CCCCCCCCCCCCCCCCCCCCC. The zero-order chi connectivity index (χ0) is 48.9. The van der Waals surface area contributed by atoms with Crippen molar-refractivity contribution in [1.29, 1.82) is 0 Å². The Balaban J connectivity index is 1.80. The molecule has 0 spiro atoms. The van der Waals surface area contributed by atoms with E-state index >= 15 is 0 Å². The van der Waals surface area contributed by atoms with E-state index in [2.05, 4.69) is 31.3 Å². The second-order valence-corrected chi connectivity index (χ2v) is 19.7. The fraction of sp³-hybridized carbons (Fsp3) is 0.943. The highest BCUT2D eigenvalue weighted by atomic mass is 16.7. The summed E-state index contributed by atoms with van der Waals surface area (Å²) < 4.78 is 22.8. The van der Waals surface area contributed by atoms with Gasteiger partial charge in [-0.25, -0.2) is 0 Å². The molecule has 2 saturated heterocycles. The van der Waals surface area contributed by atoms with Crippen LogP contribution in [-0.4, -0.2) is 140 Å². The molecule has 2 rings (SSSR count). The van der Waals surface area contributed by atoms with Gasteiger partial charge in [-0.15, -0.1) is 0 Å². The third-order valence-corrected chi connectivity index (χ3v) is 13.7. The quantitative estimate of drug-likeness (QED) is 0.0209. The van der Waals surface area contributed by atoms with Gasteiger partial charge in [-0.1, -0.05) is 193 Å². The molecule has 0 bridgehead atoms. The number of carbonyl (C=O) groups is 1. The number of allylic oxidation sites excluding steroid dienone is 2. The Kier molecular flexibility index (Phi) is 37.2. The van der Waals surface area contributed by atoms with E-state index < -0.39 is 86.8 Å². The Morgan fingerprint density at radius 3 is 1.42 bits per heavy atom. The van der Waals surface area contributed by atoms with Crippen LogP contribution in [-0.2, 0) is 23.7 Å². The molecule has 0 saturated carbocycles. The third-order valence-electron chi connectivity index (χ3n) is 13.7. The van der Waals surface area contributed by atoms with E-state index in [4.69, 9.17) is 18.9 Å². The summed E-state index contributed by atoms with van der Waals surface area (Å²) in [6, 6.07) is -0.829. The molecule has 0 aliphatic carbocycles. The number of hydrogen-bond acceptors (Lipinski definition) is 13. The van der Waals surface area contributed by atoms with Crippen LogP contribution in [0.5, 0.6) is 0 Å². The summed E-state index contributed by atoms with van der Waals surface area (Å²) in [5.74, 6) is -0.214. The minimum Gasteiger partial charge on any atom is -0.394 e. The monoisotopic (exact) mass is 960 g/mol. The molecular weight excluding hydrogens is 859 g/mol. The lowest BCUT2D eigenvalue weighted by Crippen LogP contribution is -2.65. The van der Waals surface area contributed by atoms with Crippen LogP contribution in [0, 0.1) is 0 Å². The van der Waals surface area contributed by atoms with Gasteiger partial charge in [0.25, 0.3) is 0 Å². The molecule has 2 aliphatic rings. The van der Waals surface area contributed by atoms with Crippen LogP contribution in [0.3, 0.4) is 0 Å². The van der Waals surface area contributed by atoms with Crippen LogP contribution < -0.4 is 5.32 Å². The fourth-order valence-corrected chi connectivity index (χ4v) is 9.23. The molecule has 0 aromatic rings. The predicted molar refractivity (Wildman–Crippen MR) is 263 cm³/mol. The maximum Gasteiger partial charge on any atom is 0.220 e. The van der Waals surface area contributed by atoms with Crippen molar-refractivity contribution in [2.45, 2.75) is 299 Å². The van der Waals surface area contributed by atoms with E-state index in [-0.39, 0.29) is 12.5 Å². The van der Waals surface area contributed by atoms with Crippen molar-refractivity contribution >= 4 is 5.91 Å². The van der Waals surface area contributed by atoms with E-state index in [1.807, 2.05) is 0 Å². The number of aliphatic hydroxyl groups is 8. The van der Waals surface area contributed by atoms with E-state index in [1.165, 1.54) is 128 Å². The maximum absolute atomic E-state index is 13.2. The topological polar surface area (TPSA) is 228 Å². The largest absolute Gasteiger partial charge is 0.394 e. The Morgan fingerprint density at radius 1 is 0.522 bits per heavy atom. The van der Waals surface area contributed by atoms with Crippen LogP contribution >= 0.6 is 0 Å². The summed E-state index contributed by atoms with van der Waals surface area (Å²) in [5.41, 5.74) is 0. The van der Waals surface area contributed by atoms with Crippen LogP contribution in [0.15, 0.2) is 12.2 Å². The van der Waals surface area contributed by atoms with Gasteiger partial charge in [0, 0.05) is 6.42 Å². The Morgan fingerprint density at radius 2 is 0.940 bits per heavy atom. The average molecular weight is 960 g/mol. The summed E-state index contributed by atoms with van der Waals surface area (Å²) in [4.78, 5) is 13.2. The van der Waals surface area contributed by atoms with Gasteiger partial charge in [0.1, 0.15) is 48.8 Å². The summed E-state index contributed by atoms with van der Waals surface area (Å²) in [6.07, 6.45) is 26.3. The summed E-state index contributed by atoms with van der Waals surface area (Å²) in [7, 11) is 0. The van der Waals surface area contributed by atoms with Crippen LogP contribution in [0.1, 0.15) is 226 Å². The molecule has 12 atom stereocenters. The normalized spacial score (nSPS) is 26.6. The molecule has 2 aliphatic heterocycles. The number of hydrogen-bond donors (Lipinski definition) is 9. The molecule has 1 amide bonds. The summed E-state index contributed by atoms with van der Waals surface area (Å²) >= 11 is 0. The van der Waals surface area contributed by atoms with Gasteiger partial charge in [0.15, 0.2) is 12.6 Å².